The number of piperidine rings is 1. The molecule has 2 rings (SSSR count). The maximum Gasteiger partial charge on any atom is 0.224 e. The molecule has 1 amide bonds. The monoisotopic (exact) mass is 277 g/mol. The summed E-state index contributed by atoms with van der Waals surface area (Å²) >= 11 is 0. The van der Waals surface area contributed by atoms with Gasteiger partial charge >= 0.3 is 0 Å². The van der Waals surface area contributed by atoms with E-state index in [2.05, 4.69) is 27.1 Å². The zero-order valence-corrected chi connectivity index (χ0v) is 12.0. The van der Waals surface area contributed by atoms with Gasteiger partial charge in [-0.05, 0) is 19.3 Å². The third-order valence-electron chi connectivity index (χ3n) is 3.63. The van der Waals surface area contributed by atoms with Crippen LogP contribution in [0.15, 0.2) is 12.4 Å². The second-order valence-electron chi connectivity index (χ2n) is 5.09. The van der Waals surface area contributed by atoms with Gasteiger partial charge < -0.3 is 16.0 Å². The molecule has 1 atom stereocenters. The molecule has 3 N–H and O–H groups in total. The van der Waals surface area contributed by atoms with E-state index in [1.807, 2.05) is 6.07 Å². The Hall–Kier alpha value is -1.69. The molecule has 1 aromatic heterocycles. The zero-order chi connectivity index (χ0) is 14.4. The van der Waals surface area contributed by atoms with E-state index in [0.717, 1.165) is 43.9 Å². The summed E-state index contributed by atoms with van der Waals surface area (Å²) in [6, 6.07) is 2.01. The maximum absolute atomic E-state index is 12.0. The van der Waals surface area contributed by atoms with Crippen LogP contribution in [-0.2, 0) is 11.2 Å². The molecule has 2 heterocycles. The highest BCUT2D eigenvalue weighted by Crippen LogP contribution is 2.21. The molecule has 1 saturated heterocycles. The average Bonchev–Trinajstić information content (AvgIpc) is 2.52. The van der Waals surface area contributed by atoms with Crippen LogP contribution in [0.1, 0.15) is 25.5 Å². The lowest BCUT2D eigenvalue weighted by Crippen LogP contribution is -2.44. The molecule has 6 nitrogen and oxygen atoms in total. The molecule has 0 bridgehead atoms. The first-order chi connectivity index (χ1) is 9.74. The van der Waals surface area contributed by atoms with Crippen molar-refractivity contribution in [2.45, 2.75) is 26.2 Å². The number of nitrogens with zero attached hydrogens (tertiary/aromatic N) is 3. The Kier molecular flexibility index (Phi) is 5.29. The quantitative estimate of drug-likeness (QED) is 0.810. The third-order valence-corrected chi connectivity index (χ3v) is 3.63. The average molecular weight is 277 g/mol. The number of rotatable bonds is 5. The van der Waals surface area contributed by atoms with Crippen molar-refractivity contribution in [1.29, 1.82) is 0 Å². The molecular formula is C14H23N5O. The summed E-state index contributed by atoms with van der Waals surface area (Å²) in [5.74, 6) is 1.05. The molecule has 20 heavy (non-hydrogen) atoms. The van der Waals surface area contributed by atoms with E-state index in [0.29, 0.717) is 13.1 Å². The highest BCUT2D eigenvalue weighted by Gasteiger charge is 2.26. The Bertz CT molecular complexity index is 451. The van der Waals surface area contributed by atoms with Crippen LogP contribution in [0.2, 0.25) is 0 Å². The van der Waals surface area contributed by atoms with Crippen LogP contribution in [-0.4, -0.2) is 42.1 Å². The molecule has 1 aromatic rings. The van der Waals surface area contributed by atoms with Crippen LogP contribution in [0.3, 0.4) is 0 Å². The Morgan fingerprint density at radius 2 is 2.40 bits per heavy atom. The van der Waals surface area contributed by atoms with Crippen molar-refractivity contribution in [3.63, 3.8) is 0 Å². The minimum Gasteiger partial charge on any atom is -0.356 e. The predicted octanol–water partition coefficient (Wildman–Crippen LogP) is 0.330. The summed E-state index contributed by atoms with van der Waals surface area (Å²) in [7, 11) is 0. The van der Waals surface area contributed by atoms with Crippen LogP contribution in [0.4, 0.5) is 5.82 Å². The second kappa shape index (κ2) is 7.19. The number of nitrogens with two attached hydrogens (primary N) is 1. The smallest absolute Gasteiger partial charge is 0.224 e. The maximum atomic E-state index is 12.0. The molecule has 1 aliphatic rings. The van der Waals surface area contributed by atoms with E-state index in [9.17, 15) is 4.79 Å². The molecule has 0 aliphatic carbocycles. The second-order valence-corrected chi connectivity index (χ2v) is 5.09. The summed E-state index contributed by atoms with van der Waals surface area (Å²) < 4.78 is 0. The number of aryl methyl sites for hydroxylation is 1. The number of hydrogen-bond acceptors (Lipinski definition) is 5. The van der Waals surface area contributed by atoms with Crippen molar-refractivity contribution in [1.82, 2.24) is 15.3 Å². The van der Waals surface area contributed by atoms with Gasteiger partial charge in [0.25, 0.3) is 0 Å². The topological polar surface area (TPSA) is 84.1 Å². The molecule has 110 valence electrons. The molecule has 0 radical (unpaired) electrons. The number of aromatic nitrogens is 2. The Morgan fingerprint density at radius 1 is 1.55 bits per heavy atom. The highest BCUT2D eigenvalue weighted by atomic mass is 16.1. The fourth-order valence-electron chi connectivity index (χ4n) is 2.49. The van der Waals surface area contributed by atoms with Gasteiger partial charge in [-0.2, -0.15) is 0 Å². The molecule has 6 heteroatoms. The lowest BCUT2D eigenvalue weighted by atomic mass is 9.97. The van der Waals surface area contributed by atoms with Gasteiger partial charge in [-0.25, -0.2) is 9.97 Å². The van der Waals surface area contributed by atoms with E-state index >= 15 is 0 Å². The molecule has 0 spiro atoms. The zero-order valence-electron chi connectivity index (χ0n) is 12.0. The van der Waals surface area contributed by atoms with Gasteiger partial charge in [-0.15, -0.1) is 0 Å². The summed E-state index contributed by atoms with van der Waals surface area (Å²) in [4.78, 5) is 22.8. The Balaban J connectivity index is 2.00. The number of hydrogen-bond donors (Lipinski definition) is 2. The largest absolute Gasteiger partial charge is 0.356 e. The van der Waals surface area contributed by atoms with Gasteiger partial charge in [-0.1, -0.05) is 6.92 Å². The lowest BCUT2D eigenvalue weighted by Gasteiger charge is -2.32. The molecule has 0 saturated carbocycles. The number of anilines is 1. The van der Waals surface area contributed by atoms with E-state index in [-0.39, 0.29) is 11.8 Å². The highest BCUT2D eigenvalue weighted by molar-refractivity contribution is 5.79. The number of amides is 1. The standard InChI is InChI=1S/C14H23N5O/c1-2-12-8-13(18-10-17-12)19-7-3-4-11(9-19)14(20)16-6-5-15/h8,10-11H,2-7,9,15H2,1H3,(H,16,20). The van der Waals surface area contributed by atoms with Crippen molar-refractivity contribution in [3.8, 4) is 0 Å². The van der Waals surface area contributed by atoms with Crippen molar-refractivity contribution in [2.24, 2.45) is 11.7 Å². The summed E-state index contributed by atoms with van der Waals surface area (Å²) in [5.41, 5.74) is 6.45. The van der Waals surface area contributed by atoms with Crippen LogP contribution < -0.4 is 16.0 Å². The molecular weight excluding hydrogens is 254 g/mol. The van der Waals surface area contributed by atoms with Crippen LogP contribution in [0.5, 0.6) is 0 Å². The van der Waals surface area contributed by atoms with Crippen molar-refractivity contribution < 1.29 is 4.79 Å². The van der Waals surface area contributed by atoms with E-state index in [1.54, 1.807) is 6.33 Å². The first-order valence-corrected chi connectivity index (χ1v) is 7.28. The predicted molar refractivity (Wildman–Crippen MR) is 78.4 cm³/mol. The molecule has 1 aliphatic heterocycles. The Morgan fingerprint density at radius 3 is 3.15 bits per heavy atom. The Labute approximate surface area is 119 Å². The minimum atomic E-state index is 0.0235. The van der Waals surface area contributed by atoms with E-state index in [4.69, 9.17) is 5.73 Å². The first-order valence-electron chi connectivity index (χ1n) is 7.28. The molecule has 1 fully saturated rings. The van der Waals surface area contributed by atoms with Gasteiger partial charge in [0.15, 0.2) is 0 Å². The van der Waals surface area contributed by atoms with Crippen LogP contribution >= 0.6 is 0 Å². The number of nitrogens with one attached hydrogen (secondary N) is 1. The lowest BCUT2D eigenvalue weighted by molar-refractivity contribution is -0.125. The van der Waals surface area contributed by atoms with Gasteiger partial charge in [0, 0.05) is 37.9 Å². The molecule has 1 unspecified atom stereocenters. The van der Waals surface area contributed by atoms with Crippen LogP contribution in [0.25, 0.3) is 0 Å². The van der Waals surface area contributed by atoms with Gasteiger partial charge in [0.05, 0.1) is 5.92 Å². The molecule has 0 aromatic carbocycles. The summed E-state index contributed by atoms with van der Waals surface area (Å²) in [6.45, 7) is 4.76. The first kappa shape index (κ1) is 14.7. The normalized spacial score (nSPS) is 18.9. The van der Waals surface area contributed by atoms with Gasteiger partial charge in [-0.3, -0.25) is 4.79 Å². The van der Waals surface area contributed by atoms with Gasteiger partial charge in [0.2, 0.25) is 5.91 Å². The van der Waals surface area contributed by atoms with E-state index < -0.39 is 0 Å². The van der Waals surface area contributed by atoms with Crippen molar-refractivity contribution in [2.75, 3.05) is 31.1 Å². The van der Waals surface area contributed by atoms with Gasteiger partial charge in [0.1, 0.15) is 12.1 Å². The number of carbonyl (C=O) groups is 1. The fourth-order valence-corrected chi connectivity index (χ4v) is 2.49. The van der Waals surface area contributed by atoms with Crippen molar-refractivity contribution in [3.05, 3.63) is 18.1 Å². The van der Waals surface area contributed by atoms with Crippen molar-refractivity contribution >= 4 is 11.7 Å². The summed E-state index contributed by atoms with van der Waals surface area (Å²) in [5, 5.41) is 2.87. The minimum absolute atomic E-state index is 0.0235. The fraction of sp³-hybridized carbons (Fsp3) is 0.643. The number of carbonyl (C=O) groups excluding carboxylic acids is 1. The van der Waals surface area contributed by atoms with E-state index in [1.165, 1.54) is 0 Å². The SMILES string of the molecule is CCc1cc(N2CCCC(C(=O)NCCN)C2)ncn1. The van der Waals surface area contributed by atoms with Crippen LogP contribution in [0, 0.1) is 5.92 Å². The third kappa shape index (κ3) is 3.66. The summed E-state index contributed by atoms with van der Waals surface area (Å²) in [6.07, 6.45) is 4.43.